The molecule has 0 unspecified atom stereocenters. The van der Waals surface area contributed by atoms with Gasteiger partial charge in [-0.25, -0.2) is 0 Å². The summed E-state index contributed by atoms with van der Waals surface area (Å²) >= 11 is 0. The topological polar surface area (TPSA) is 55.8 Å². The van der Waals surface area contributed by atoms with E-state index in [0.717, 1.165) is 32.2 Å². The van der Waals surface area contributed by atoms with Crippen LogP contribution in [-0.4, -0.2) is 43.9 Å². The van der Waals surface area contributed by atoms with Gasteiger partial charge in [-0.1, -0.05) is 6.92 Å². The molecule has 0 aromatic heterocycles. The Morgan fingerprint density at radius 2 is 2.05 bits per heavy atom. The highest BCUT2D eigenvalue weighted by Crippen LogP contribution is 2.27. The Bertz CT molecular complexity index is 507. The minimum Gasteiger partial charge on any atom is -0.493 e. The van der Waals surface area contributed by atoms with Crippen LogP contribution in [0.4, 0.5) is 0 Å². The summed E-state index contributed by atoms with van der Waals surface area (Å²) in [7, 11) is 1.52. The second kappa shape index (κ2) is 7.11. The Labute approximate surface area is 124 Å². The Kier molecular flexibility index (Phi) is 5.20. The van der Waals surface area contributed by atoms with E-state index in [2.05, 4.69) is 6.92 Å². The van der Waals surface area contributed by atoms with Crippen LogP contribution >= 0.6 is 0 Å². The number of rotatable bonds is 5. The van der Waals surface area contributed by atoms with Crippen molar-refractivity contribution in [1.29, 1.82) is 0 Å². The molecule has 0 aliphatic carbocycles. The van der Waals surface area contributed by atoms with Crippen LogP contribution in [0.25, 0.3) is 0 Å². The molecule has 5 nitrogen and oxygen atoms in total. The zero-order chi connectivity index (χ0) is 15.2. The summed E-state index contributed by atoms with van der Waals surface area (Å²) in [5, 5.41) is 0. The van der Waals surface area contributed by atoms with Gasteiger partial charge in [0.05, 0.1) is 7.11 Å². The summed E-state index contributed by atoms with van der Waals surface area (Å²) in [6, 6.07) is 4.88. The maximum Gasteiger partial charge on any atom is 0.260 e. The third kappa shape index (κ3) is 3.97. The number of amides is 1. The molecule has 1 aromatic carbocycles. The molecule has 1 aliphatic rings. The largest absolute Gasteiger partial charge is 0.493 e. The molecule has 114 valence electrons. The minimum atomic E-state index is -0.0347. The van der Waals surface area contributed by atoms with Crippen molar-refractivity contribution < 1.29 is 19.1 Å². The van der Waals surface area contributed by atoms with Crippen molar-refractivity contribution >= 4 is 12.2 Å². The molecule has 1 heterocycles. The normalized spacial score (nSPS) is 15.6. The summed E-state index contributed by atoms with van der Waals surface area (Å²) < 4.78 is 10.7. The van der Waals surface area contributed by atoms with Crippen molar-refractivity contribution in [1.82, 2.24) is 4.90 Å². The molecule has 5 heteroatoms. The van der Waals surface area contributed by atoms with Gasteiger partial charge in [-0.2, -0.15) is 0 Å². The summed E-state index contributed by atoms with van der Waals surface area (Å²) in [4.78, 5) is 24.8. The van der Waals surface area contributed by atoms with Gasteiger partial charge in [0.2, 0.25) is 0 Å². The van der Waals surface area contributed by atoms with Crippen molar-refractivity contribution in [2.75, 3.05) is 26.8 Å². The van der Waals surface area contributed by atoms with Gasteiger partial charge in [-0.05, 0) is 37.0 Å². The average molecular weight is 291 g/mol. The van der Waals surface area contributed by atoms with E-state index < -0.39 is 0 Å². The monoisotopic (exact) mass is 291 g/mol. The number of methoxy groups -OCH3 is 1. The van der Waals surface area contributed by atoms with E-state index in [1.165, 1.54) is 7.11 Å². The van der Waals surface area contributed by atoms with Gasteiger partial charge in [0, 0.05) is 18.7 Å². The fourth-order valence-corrected chi connectivity index (χ4v) is 2.37. The zero-order valence-electron chi connectivity index (χ0n) is 12.5. The number of likely N-dealkylation sites (tertiary alicyclic amines) is 1. The van der Waals surface area contributed by atoms with Crippen LogP contribution in [0, 0.1) is 5.92 Å². The first kappa shape index (κ1) is 15.4. The van der Waals surface area contributed by atoms with Crippen LogP contribution in [0.3, 0.4) is 0 Å². The van der Waals surface area contributed by atoms with Crippen LogP contribution in [0.15, 0.2) is 18.2 Å². The second-order valence-corrected chi connectivity index (χ2v) is 5.38. The molecule has 1 saturated heterocycles. The van der Waals surface area contributed by atoms with Gasteiger partial charge in [-0.15, -0.1) is 0 Å². The maximum absolute atomic E-state index is 12.1. The molecule has 0 spiro atoms. The third-order valence-corrected chi connectivity index (χ3v) is 3.81. The number of aldehydes is 1. The number of carbonyl (C=O) groups is 2. The van der Waals surface area contributed by atoms with Crippen LogP contribution in [0.1, 0.15) is 30.1 Å². The van der Waals surface area contributed by atoms with Gasteiger partial charge in [0.15, 0.2) is 18.1 Å². The minimum absolute atomic E-state index is 0.0274. The van der Waals surface area contributed by atoms with Crippen molar-refractivity contribution in [3.05, 3.63) is 23.8 Å². The lowest BCUT2D eigenvalue weighted by Gasteiger charge is -2.30. The van der Waals surface area contributed by atoms with Crippen molar-refractivity contribution in [3.8, 4) is 11.5 Å². The Morgan fingerprint density at radius 1 is 1.33 bits per heavy atom. The molecule has 1 aliphatic heterocycles. The molecule has 0 radical (unpaired) electrons. The Balaban J connectivity index is 1.95. The number of hydrogen-bond acceptors (Lipinski definition) is 4. The fourth-order valence-electron chi connectivity index (χ4n) is 2.37. The van der Waals surface area contributed by atoms with Crippen LogP contribution in [-0.2, 0) is 4.79 Å². The molecule has 1 fully saturated rings. The number of hydrogen-bond donors (Lipinski definition) is 0. The molecule has 0 bridgehead atoms. The summed E-state index contributed by atoms with van der Waals surface area (Å²) in [6.07, 6.45) is 2.81. The number of nitrogens with zero attached hydrogens (tertiary/aromatic N) is 1. The first-order chi connectivity index (χ1) is 10.1. The quantitative estimate of drug-likeness (QED) is 0.780. The first-order valence-corrected chi connectivity index (χ1v) is 7.18. The summed E-state index contributed by atoms with van der Waals surface area (Å²) in [6.45, 7) is 3.74. The lowest BCUT2D eigenvalue weighted by molar-refractivity contribution is -0.134. The second-order valence-electron chi connectivity index (χ2n) is 5.38. The molecule has 0 atom stereocenters. The smallest absolute Gasteiger partial charge is 0.260 e. The molecule has 21 heavy (non-hydrogen) atoms. The number of benzene rings is 1. The zero-order valence-corrected chi connectivity index (χ0v) is 12.5. The Morgan fingerprint density at radius 3 is 2.67 bits per heavy atom. The van der Waals surface area contributed by atoms with E-state index in [9.17, 15) is 9.59 Å². The number of ether oxygens (including phenoxy) is 2. The van der Waals surface area contributed by atoms with Crippen molar-refractivity contribution in [2.45, 2.75) is 19.8 Å². The number of carbonyl (C=O) groups excluding carboxylic acids is 2. The van der Waals surface area contributed by atoms with E-state index >= 15 is 0 Å². The maximum atomic E-state index is 12.1. The molecular weight excluding hydrogens is 270 g/mol. The molecular formula is C16H21NO4. The molecule has 0 saturated carbocycles. The van der Waals surface area contributed by atoms with Crippen molar-refractivity contribution in [3.63, 3.8) is 0 Å². The van der Waals surface area contributed by atoms with Gasteiger partial charge in [0.25, 0.3) is 5.91 Å². The average Bonchev–Trinajstić information content (AvgIpc) is 2.52. The van der Waals surface area contributed by atoms with Gasteiger partial charge in [-0.3, -0.25) is 9.59 Å². The molecule has 2 rings (SSSR count). The van der Waals surface area contributed by atoms with Gasteiger partial charge >= 0.3 is 0 Å². The van der Waals surface area contributed by atoms with E-state index in [1.807, 2.05) is 4.90 Å². The van der Waals surface area contributed by atoms with E-state index in [4.69, 9.17) is 9.47 Å². The lowest BCUT2D eigenvalue weighted by atomic mass is 9.99. The SMILES string of the molecule is COc1ccc(C=O)cc1OCC(=O)N1CCC(C)CC1. The van der Waals surface area contributed by atoms with E-state index in [1.54, 1.807) is 18.2 Å². The first-order valence-electron chi connectivity index (χ1n) is 7.18. The molecule has 1 aromatic rings. The van der Waals surface area contributed by atoms with Crippen LogP contribution in [0.2, 0.25) is 0 Å². The Hall–Kier alpha value is -2.04. The number of piperidine rings is 1. The third-order valence-electron chi connectivity index (χ3n) is 3.81. The van der Waals surface area contributed by atoms with E-state index in [-0.39, 0.29) is 12.5 Å². The van der Waals surface area contributed by atoms with Gasteiger partial charge in [0.1, 0.15) is 6.29 Å². The highest BCUT2D eigenvalue weighted by molar-refractivity contribution is 5.79. The highest BCUT2D eigenvalue weighted by atomic mass is 16.5. The van der Waals surface area contributed by atoms with Crippen LogP contribution in [0.5, 0.6) is 11.5 Å². The van der Waals surface area contributed by atoms with Crippen LogP contribution < -0.4 is 9.47 Å². The lowest BCUT2D eigenvalue weighted by Crippen LogP contribution is -2.40. The predicted octanol–water partition coefficient (Wildman–Crippen LogP) is 2.14. The summed E-state index contributed by atoms with van der Waals surface area (Å²) in [5.74, 6) is 1.58. The fraction of sp³-hybridized carbons (Fsp3) is 0.500. The standard InChI is InChI=1S/C16H21NO4/c1-12-5-7-17(8-6-12)16(19)11-21-15-9-13(10-18)3-4-14(15)20-2/h3-4,9-10,12H,5-8,11H2,1-2H3. The molecule has 1 amide bonds. The van der Waals surface area contributed by atoms with Crippen molar-refractivity contribution in [2.24, 2.45) is 5.92 Å². The predicted molar refractivity (Wildman–Crippen MR) is 78.9 cm³/mol. The highest BCUT2D eigenvalue weighted by Gasteiger charge is 2.20. The van der Waals surface area contributed by atoms with Gasteiger partial charge < -0.3 is 14.4 Å². The molecule has 0 N–H and O–H groups in total. The van der Waals surface area contributed by atoms with E-state index in [0.29, 0.717) is 23.0 Å². The summed E-state index contributed by atoms with van der Waals surface area (Å²) in [5.41, 5.74) is 0.491.